The van der Waals surface area contributed by atoms with Crippen molar-refractivity contribution in [2.75, 3.05) is 5.75 Å². The molecule has 0 saturated heterocycles. The zero-order valence-corrected chi connectivity index (χ0v) is 17.9. The zero-order chi connectivity index (χ0) is 19.4. The largest absolute Gasteiger partial charge is 0.303 e. The van der Waals surface area contributed by atoms with Crippen molar-refractivity contribution >= 4 is 16.1 Å². The van der Waals surface area contributed by atoms with Crippen LogP contribution < -0.4 is 0 Å². The number of allylic oxidation sites excluding steroid dienone is 1. The average Bonchev–Trinajstić information content (AvgIpc) is 3.09. The van der Waals surface area contributed by atoms with Crippen LogP contribution in [-0.4, -0.2) is 25.7 Å². The molecule has 1 aliphatic heterocycles. The van der Waals surface area contributed by atoms with Crippen molar-refractivity contribution in [1.82, 2.24) is 0 Å². The van der Waals surface area contributed by atoms with Crippen molar-refractivity contribution in [2.45, 2.75) is 77.4 Å². The smallest absolute Gasteiger partial charge is 0.164 e. The summed E-state index contributed by atoms with van der Waals surface area (Å²) in [6.07, 6.45) is 11.9. The van der Waals surface area contributed by atoms with Crippen molar-refractivity contribution in [2.24, 2.45) is 29.1 Å². The number of hydrogen-bond acceptors (Lipinski definition) is 3. The lowest BCUT2D eigenvalue weighted by atomic mass is 9.61. The summed E-state index contributed by atoms with van der Waals surface area (Å²) in [5.41, 5.74) is 3.98. The fourth-order valence-corrected chi connectivity index (χ4v) is 8.94. The molecule has 1 heterocycles. The van der Waals surface area contributed by atoms with Crippen molar-refractivity contribution in [3.63, 3.8) is 0 Å². The lowest BCUT2D eigenvalue weighted by Gasteiger charge is -2.43. The Morgan fingerprint density at radius 3 is 2.70 bits per heavy atom. The van der Waals surface area contributed by atoms with E-state index in [4.69, 9.17) is 0 Å². The van der Waals surface area contributed by atoms with Crippen LogP contribution >= 0.6 is 0 Å². The van der Waals surface area contributed by atoms with E-state index in [1.165, 1.54) is 23.1 Å². The number of sulfone groups is 1. The third-order valence-electron chi connectivity index (χ3n) is 8.32. The van der Waals surface area contributed by atoms with Crippen molar-refractivity contribution in [3.05, 3.63) is 22.8 Å². The fourth-order valence-electron chi connectivity index (χ4n) is 6.87. The molecule has 0 unspecified atom stereocenters. The van der Waals surface area contributed by atoms with Crippen LogP contribution in [-0.2, 0) is 14.6 Å². The van der Waals surface area contributed by atoms with E-state index in [0.717, 1.165) is 51.2 Å². The first-order chi connectivity index (χ1) is 12.8. The van der Waals surface area contributed by atoms with Crippen LogP contribution in [0.2, 0.25) is 0 Å². The molecule has 150 valence electrons. The highest BCUT2D eigenvalue weighted by Crippen LogP contribution is 2.59. The minimum atomic E-state index is -3.08. The number of hydrogen-bond donors (Lipinski definition) is 0. The Bertz CT molecular complexity index is 790. The van der Waals surface area contributed by atoms with Gasteiger partial charge in [-0.2, -0.15) is 0 Å². The molecule has 0 radical (unpaired) electrons. The summed E-state index contributed by atoms with van der Waals surface area (Å²) in [7, 11) is -3.08. The number of aldehydes is 1. The molecular formula is C23H34O3S. The third-order valence-corrected chi connectivity index (χ3v) is 10.3. The standard InChI is InChI=1S/C23H34O3S/c1-15-6-7-18-14-27(25,26)22(19(18)11-15)12-17-5-4-10-23(3)20(16(2)13-24)8-9-21(17)23/h12-13,15-16,20-22H,4-11,14H2,1-3H3/b17-12+/t15-,16+,20-,21-,22-,23+/m0/s1. The van der Waals surface area contributed by atoms with Gasteiger partial charge in [0.2, 0.25) is 0 Å². The second-order valence-corrected chi connectivity index (χ2v) is 12.2. The Balaban J connectivity index is 1.67. The van der Waals surface area contributed by atoms with Crippen molar-refractivity contribution in [1.29, 1.82) is 0 Å². The normalized spacial score (nSPS) is 43.4. The molecule has 0 aromatic rings. The molecule has 0 aromatic carbocycles. The molecule has 2 fully saturated rings. The number of fused-ring (bicyclic) bond motifs is 1. The number of carbonyl (C=O) groups excluding carboxylic acids is 1. The summed E-state index contributed by atoms with van der Waals surface area (Å²) >= 11 is 0. The predicted octanol–water partition coefficient (Wildman–Crippen LogP) is 4.88. The summed E-state index contributed by atoms with van der Waals surface area (Å²) in [4.78, 5) is 11.4. The summed E-state index contributed by atoms with van der Waals surface area (Å²) in [5, 5.41) is -0.366. The number of rotatable bonds is 3. The van der Waals surface area contributed by atoms with Crippen molar-refractivity contribution < 1.29 is 13.2 Å². The van der Waals surface area contributed by atoms with Gasteiger partial charge in [-0.05, 0) is 80.1 Å². The van der Waals surface area contributed by atoms with Crippen LogP contribution in [0, 0.1) is 29.1 Å². The lowest BCUT2D eigenvalue weighted by Crippen LogP contribution is -2.36. The van der Waals surface area contributed by atoms with Crippen LogP contribution in [0.1, 0.15) is 72.1 Å². The van der Waals surface area contributed by atoms with E-state index in [-0.39, 0.29) is 22.3 Å². The minimum absolute atomic E-state index is 0.100. The highest BCUT2D eigenvalue weighted by atomic mass is 32.2. The Kier molecular flexibility index (Phi) is 4.93. The average molecular weight is 391 g/mol. The summed E-state index contributed by atoms with van der Waals surface area (Å²) in [6.45, 7) is 6.67. The van der Waals surface area contributed by atoms with E-state index in [2.05, 4.69) is 26.8 Å². The summed E-state index contributed by atoms with van der Waals surface area (Å²) in [6, 6.07) is 0. The first-order valence-electron chi connectivity index (χ1n) is 10.8. The number of carbonyl (C=O) groups is 1. The molecule has 3 nitrogen and oxygen atoms in total. The maximum Gasteiger partial charge on any atom is 0.164 e. The molecule has 4 heteroatoms. The van der Waals surface area contributed by atoms with E-state index < -0.39 is 9.84 Å². The van der Waals surface area contributed by atoms with Crippen LogP contribution in [0.3, 0.4) is 0 Å². The molecule has 4 aliphatic rings. The van der Waals surface area contributed by atoms with E-state index in [0.29, 0.717) is 17.8 Å². The van der Waals surface area contributed by atoms with Crippen LogP contribution in [0.15, 0.2) is 22.8 Å². The lowest BCUT2D eigenvalue weighted by molar-refractivity contribution is -0.113. The molecule has 0 spiro atoms. The predicted molar refractivity (Wildman–Crippen MR) is 109 cm³/mol. The van der Waals surface area contributed by atoms with Gasteiger partial charge < -0.3 is 4.79 Å². The van der Waals surface area contributed by atoms with Gasteiger partial charge in [-0.15, -0.1) is 0 Å². The molecule has 0 N–H and O–H groups in total. The fraction of sp³-hybridized carbons (Fsp3) is 0.783. The summed E-state index contributed by atoms with van der Waals surface area (Å²) in [5.74, 6) is 1.88. The van der Waals surface area contributed by atoms with E-state index in [1.54, 1.807) is 0 Å². The molecule has 27 heavy (non-hydrogen) atoms. The van der Waals surface area contributed by atoms with Gasteiger partial charge in [-0.3, -0.25) is 0 Å². The minimum Gasteiger partial charge on any atom is -0.303 e. The molecule has 0 bridgehead atoms. The molecule has 2 saturated carbocycles. The van der Waals surface area contributed by atoms with E-state index in [1.807, 2.05) is 0 Å². The first-order valence-corrected chi connectivity index (χ1v) is 12.6. The maximum absolute atomic E-state index is 13.0. The van der Waals surface area contributed by atoms with Crippen LogP contribution in [0.4, 0.5) is 0 Å². The van der Waals surface area contributed by atoms with Gasteiger partial charge in [-0.25, -0.2) is 8.42 Å². The van der Waals surface area contributed by atoms with Gasteiger partial charge in [0.1, 0.15) is 11.5 Å². The Morgan fingerprint density at radius 1 is 1.19 bits per heavy atom. The van der Waals surface area contributed by atoms with Gasteiger partial charge in [0, 0.05) is 5.92 Å². The van der Waals surface area contributed by atoms with Crippen LogP contribution in [0.5, 0.6) is 0 Å². The first kappa shape index (κ1) is 19.4. The maximum atomic E-state index is 13.0. The topological polar surface area (TPSA) is 51.2 Å². The molecule has 6 atom stereocenters. The Hall–Kier alpha value is -0.900. The second-order valence-electron chi connectivity index (χ2n) is 10.0. The monoisotopic (exact) mass is 390 g/mol. The van der Waals surface area contributed by atoms with Gasteiger partial charge in [0.05, 0.1) is 5.75 Å². The SMILES string of the molecule is C[C@H]1CCC2=C(C1)[C@H](/C=C1\CCC[C@@]3(C)[C@H]1CC[C@H]3[C@H](C)C=O)S(=O)(=O)C2. The van der Waals surface area contributed by atoms with Gasteiger partial charge in [0.25, 0.3) is 0 Å². The quantitative estimate of drug-likeness (QED) is 0.510. The summed E-state index contributed by atoms with van der Waals surface area (Å²) < 4.78 is 25.9. The molecule has 4 rings (SSSR count). The van der Waals surface area contributed by atoms with Gasteiger partial charge in [0.15, 0.2) is 9.84 Å². The van der Waals surface area contributed by atoms with Crippen LogP contribution in [0.25, 0.3) is 0 Å². The molecule has 0 aromatic heterocycles. The second kappa shape index (κ2) is 6.86. The molecule has 0 amide bonds. The van der Waals surface area contributed by atoms with Gasteiger partial charge >= 0.3 is 0 Å². The Labute approximate surface area is 164 Å². The van der Waals surface area contributed by atoms with Crippen molar-refractivity contribution in [3.8, 4) is 0 Å². The van der Waals surface area contributed by atoms with E-state index >= 15 is 0 Å². The Morgan fingerprint density at radius 2 is 1.96 bits per heavy atom. The van der Waals surface area contributed by atoms with E-state index in [9.17, 15) is 13.2 Å². The molecular weight excluding hydrogens is 356 g/mol. The highest BCUT2D eigenvalue weighted by molar-refractivity contribution is 7.92. The third kappa shape index (κ3) is 3.16. The highest BCUT2D eigenvalue weighted by Gasteiger charge is 2.51. The molecule has 3 aliphatic carbocycles. The van der Waals surface area contributed by atoms with Gasteiger partial charge in [-0.1, -0.05) is 38.0 Å². The zero-order valence-electron chi connectivity index (χ0n) is 17.0.